The SMILES string of the molecule is CC(C)(C)OC(=O)N1CCC(Nc2ccc3ncc(Br)n3n2)CC1. The summed E-state index contributed by atoms with van der Waals surface area (Å²) in [6, 6.07) is 4.14. The van der Waals surface area contributed by atoms with Crippen molar-refractivity contribution in [2.24, 2.45) is 0 Å². The van der Waals surface area contributed by atoms with Crippen LogP contribution in [-0.2, 0) is 4.74 Å². The first-order valence-corrected chi connectivity index (χ1v) is 8.86. The summed E-state index contributed by atoms with van der Waals surface area (Å²) in [6.07, 6.45) is 3.22. The molecule has 0 unspecified atom stereocenters. The molecule has 0 saturated carbocycles. The highest BCUT2D eigenvalue weighted by molar-refractivity contribution is 9.10. The van der Waals surface area contributed by atoms with Crippen molar-refractivity contribution in [3.05, 3.63) is 22.9 Å². The predicted molar refractivity (Wildman–Crippen MR) is 95.1 cm³/mol. The fourth-order valence-electron chi connectivity index (χ4n) is 2.66. The van der Waals surface area contributed by atoms with Crippen molar-refractivity contribution in [3.63, 3.8) is 0 Å². The number of carbonyl (C=O) groups is 1. The molecule has 8 heteroatoms. The van der Waals surface area contributed by atoms with Gasteiger partial charge in [0.05, 0.1) is 6.20 Å². The van der Waals surface area contributed by atoms with Crippen LogP contribution < -0.4 is 5.32 Å². The van der Waals surface area contributed by atoms with Crippen LogP contribution in [0.4, 0.5) is 10.6 Å². The Morgan fingerprint density at radius 1 is 1.33 bits per heavy atom. The third-order valence-corrected chi connectivity index (χ3v) is 4.36. The molecule has 0 aliphatic carbocycles. The number of imidazole rings is 1. The van der Waals surface area contributed by atoms with Crippen LogP contribution in [0, 0.1) is 0 Å². The number of hydrogen-bond acceptors (Lipinski definition) is 5. The number of ether oxygens (including phenoxy) is 1. The normalized spacial score (nSPS) is 16.4. The highest BCUT2D eigenvalue weighted by Gasteiger charge is 2.26. The van der Waals surface area contributed by atoms with Crippen LogP contribution >= 0.6 is 15.9 Å². The van der Waals surface area contributed by atoms with E-state index in [9.17, 15) is 4.79 Å². The number of likely N-dealkylation sites (tertiary alicyclic amines) is 1. The Balaban J connectivity index is 1.56. The summed E-state index contributed by atoms with van der Waals surface area (Å²) < 4.78 is 7.99. The number of anilines is 1. The zero-order valence-corrected chi connectivity index (χ0v) is 15.7. The number of rotatable bonds is 2. The first kappa shape index (κ1) is 17.0. The lowest BCUT2D eigenvalue weighted by Crippen LogP contribution is -2.44. The van der Waals surface area contributed by atoms with Crippen LogP contribution in [0.1, 0.15) is 33.6 Å². The van der Waals surface area contributed by atoms with Gasteiger partial charge >= 0.3 is 6.09 Å². The molecule has 0 spiro atoms. The number of piperidine rings is 1. The Morgan fingerprint density at radius 2 is 2.04 bits per heavy atom. The second kappa shape index (κ2) is 6.58. The fourth-order valence-corrected chi connectivity index (χ4v) is 3.03. The Labute approximate surface area is 149 Å². The van der Waals surface area contributed by atoms with E-state index in [1.807, 2.05) is 32.9 Å². The lowest BCUT2D eigenvalue weighted by Gasteiger charge is -2.33. The molecule has 1 saturated heterocycles. The van der Waals surface area contributed by atoms with Crippen LogP contribution in [0.2, 0.25) is 0 Å². The minimum absolute atomic E-state index is 0.233. The zero-order valence-electron chi connectivity index (χ0n) is 14.1. The summed E-state index contributed by atoms with van der Waals surface area (Å²) in [4.78, 5) is 18.1. The molecule has 3 heterocycles. The lowest BCUT2D eigenvalue weighted by atomic mass is 10.1. The second-order valence-corrected chi connectivity index (χ2v) is 7.77. The molecule has 1 aliphatic heterocycles. The molecule has 1 N–H and O–H groups in total. The molecule has 0 atom stereocenters. The van der Waals surface area contributed by atoms with Crippen LogP contribution in [0.3, 0.4) is 0 Å². The van der Waals surface area contributed by atoms with Gasteiger partial charge in [-0.25, -0.2) is 14.3 Å². The van der Waals surface area contributed by atoms with E-state index < -0.39 is 5.60 Å². The standard InChI is InChI=1S/C16H22BrN5O2/c1-16(2,3)24-15(23)21-8-6-11(7-9-21)19-13-4-5-14-18-10-12(17)22(14)20-13/h4-5,10-11H,6-9H2,1-3H3,(H,19,20). The fraction of sp³-hybridized carbons (Fsp3) is 0.562. The summed E-state index contributed by atoms with van der Waals surface area (Å²) in [6.45, 7) is 7.02. The topological polar surface area (TPSA) is 71.8 Å². The number of carbonyl (C=O) groups excluding carboxylic acids is 1. The van der Waals surface area contributed by atoms with Crippen molar-refractivity contribution in [2.45, 2.75) is 45.3 Å². The molecular weight excluding hydrogens is 374 g/mol. The van der Waals surface area contributed by atoms with E-state index in [1.165, 1.54) is 0 Å². The van der Waals surface area contributed by atoms with E-state index in [4.69, 9.17) is 4.74 Å². The molecular formula is C16H22BrN5O2. The predicted octanol–water partition coefficient (Wildman–Crippen LogP) is 3.30. The van der Waals surface area contributed by atoms with E-state index in [2.05, 4.69) is 31.3 Å². The van der Waals surface area contributed by atoms with Crippen LogP contribution in [-0.4, -0.2) is 50.3 Å². The molecule has 1 amide bonds. The summed E-state index contributed by atoms with van der Waals surface area (Å²) in [7, 11) is 0. The number of nitrogens with zero attached hydrogens (tertiary/aromatic N) is 4. The quantitative estimate of drug-likeness (QED) is 0.844. The monoisotopic (exact) mass is 395 g/mol. The van der Waals surface area contributed by atoms with Gasteiger partial charge in [-0.1, -0.05) is 0 Å². The first-order valence-electron chi connectivity index (χ1n) is 8.06. The van der Waals surface area contributed by atoms with Gasteiger partial charge in [0, 0.05) is 19.1 Å². The van der Waals surface area contributed by atoms with E-state index >= 15 is 0 Å². The maximum Gasteiger partial charge on any atom is 0.410 e. The Kier molecular flexibility index (Phi) is 4.67. The van der Waals surface area contributed by atoms with Crippen molar-refractivity contribution in [3.8, 4) is 0 Å². The minimum Gasteiger partial charge on any atom is -0.444 e. The summed E-state index contributed by atoms with van der Waals surface area (Å²) in [5.74, 6) is 0.803. The highest BCUT2D eigenvalue weighted by atomic mass is 79.9. The van der Waals surface area contributed by atoms with Crippen LogP contribution in [0.25, 0.3) is 5.65 Å². The van der Waals surface area contributed by atoms with Crippen molar-refractivity contribution < 1.29 is 9.53 Å². The molecule has 130 valence electrons. The average Bonchev–Trinajstić information content (AvgIpc) is 2.87. The van der Waals surface area contributed by atoms with Gasteiger partial charge in [-0.2, -0.15) is 0 Å². The van der Waals surface area contributed by atoms with Crippen molar-refractivity contribution >= 4 is 33.5 Å². The number of aromatic nitrogens is 3. The highest BCUT2D eigenvalue weighted by Crippen LogP contribution is 2.19. The molecule has 1 aliphatic rings. The minimum atomic E-state index is -0.455. The van der Waals surface area contributed by atoms with E-state index in [1.54, 1.807) is 15.6 Å². The summed E-state index contributed by atoms with van der Waals surface area (Å²) >= 11 is 3.43. The van der Waals surface area contributed by atoms with Crippen molar-refractivity contribution in [1.29, 1.82) is 0 Å². The molecule has 1 fully saturated rings. The van der Waals surface area contributed by atoms with Gasteiger partial charge in [-0.05, 0) is 61.7 Å². The molecule has 3 rings (SSSR count). The summed E-state index contributed by atoms with van der Waals surface area (Å²) in [5, 5.41) is 7.96. The third-order valence-electron chi connectivity index (χ3n) is 3.82. The Morgan fingerprint density at radius 3 is 2.71 bits per heavy atom. The molecule has 0 radical (unpaired) electrons. The van der Waals surface area contributed by atoms with E-state index in [0.29, 0.717) is 13.1 Å². The first-order chi connectivity index (χ1) is 11.3. The average molecular weight is 396 g/mol. The van der Waals surface area contributed by atoms with Crippen LogP contribution in [0.15, 0.2) is 22.9 Å². The molecule has 2 aromatic rings. The smallest absolute Gasteiger partial charge is 0.410 e. The van der Waals surface area contributed by atoms with E-state index in [0.717, 1.165) is 28.9 Å². The maximum absolute atomic E-state index is 12.1. The summed E-state index contributed by atoms with van der Waals surface area (Å²) in [5.41, 5.74) is 0.344. The molecule has 0 bridgehead atoms. The Bertz CT molecular complexity index is 732. The van der Waals surface area contributed by atoms with E-state index in [-0.39, 0.29) is 12.1 Å². The Hall–Kier alpha value is -1.83. The van der Waals surface area contributed by atoms with Gasteiger partial charge in [0.2, 0.25) is 0 Å². The number of amides is 1. The van der Waals surface area contributed by atoms with Crippen molar-refractivity contribution in [2.75, 3.05) is 18.4 Å². The third kappa shape index (κ3) is 3.98. The van der Waals surface area contributed by atoms with Gasteiger partial charge in [0.25, 0.3) is 0 Å². The lowest BCUT2D eigenvalue weighted by molar-refractivity contribution is 0.0210. The van der Waals surface area contributed by atoms with Crippen molar-refractivity contribution in [1.82, 2.24) is 19.5 Å². The zero-order chi connectivity index (χ0) is 17.3. The number of hydrogen-bond donors (Lipinski definition) is 1. The number of halogens is 1. The van der Waals surface area contributed by atoms with Gasteiger partial charge < -0.3 is 15.0 Å². The maximum atomic E-state index is 12.1. The van der Waals surface area contributed by atoms with Crippen LogP contribution in [0.5, 0.6) is 0 Å². The van der Waals surface area contributed by atoms with Gasteiger partial charge in [0.15, 0.2) is 5.65 Å². The number of fused-ring (bicyclic) bond motifs is 1. The molecule has 0 aromatic carbocycles. The molecule has 2 aromatic heterocycles. The number of nitrogens with one attached hydrogen (secondary N) is 1. The van der Waals surface area contributed by atoms with Gasteiger partial charge in [0.1, 0.15) is 16.0 Å². The molecule has 24 heavy (non-hydrogen) atoms. The molecule has 7 nitrogen and oxygen atoms in total. The van der Waals surface area contributed by atoms with Gasteiger partial charge in [-0.3, -0.25) is 0 Å². The second-order valence-electron chi connectivity index (χ2n) is 6.96. The van der Waals surface area contributed by atoms with Gasteiger partial charge in [-0.15, -0.1) is 5.10 Å². The largest absolute Gasteiger partial charge is 0.444 e.